The highest BCUT2D eigenvalue weighted by Gasteiger charge is 2.38. The molecule has 0 radical (unpaired) electrons. The van der Waals surface area contributed by atoms with Crippen molar-refractivity contribution in [3.63, 3.8) is 0 Å². The van der Waals surface area contributed by atoms with Crippen LogP contribution in [-0.4, -0.2) is 81.1 Å². The van der Waals surface area contributed by atoms with Crippen LogP contribution in [-0.2, 0) is 28.8 Å². The van der Waals surface area contributed by atoms with E-state index < -0.39 is 64.6 Å². The number of carbonyl (C=O) groups excluding carboxylic acids is 5. The van der Waals surface area contributed by atoms with Crippen molar-refractivity contribution in [2.24, 2.45) is 5.92 Å². The fourth-order valence-electron chi connectivity index (χ4n) is 4.39. The molecule has 5 amide bonds. The summed E-state index contributed by atoms with van der Waals surface area (Å²) in [5.41, 5.74) is 0.215. The highest BCUT2D eigenvalue weighted by molar-refractivity contribution is 5.99. The molecule has 1 aromatic rings. The van der Waals surface area contributed by atoms with Crippen molar-refractivity contribution in [3.05, 3.63) is 34.4 Å². The lowest BCUT2D eigenvalue weighted by Gasteiger charge is -2.30. The van der Waals surface area contributed by atoms with Gasteiger partial charge in [-0.2, -0.15) is 0 Å². The number of nitro groups is 1. The van der Waals surface area contributed by atoms with Gasteiger partial charge in [0.05, 0.1) is 11.3 Å². The molecule has 0 spiro atoms. The van der Waals surface area contributed by atoms with Gasteiger partial charge in [0.1, 0.15) is 24.2 Å². The first-order chi connectivity index (χ1) is 19.7. The first kappa shape index (κ1) is 33.6. The Balaban J connectivity index is 2.02. The SMILES string of the molecule is CC(C)C[C@H](NC(=O)[C@H](C)NC(=O)[C@H](C)NC(=O)CCC(=O)O)C(=O)N1CCC[C@H]1C(=O)Nc1ccc([N+](=O)[O-])cc1. The van der Waals surface area contributed by atoms with Gasteiger partial charge >= 0.3 is 5.97 Å². The van der Waals surface area contributed by atoms with Gasteiger partial charge in [-0.3, -0.25) is 38.9 Å². The van der Waals surface area contributed by atoms with E-state index in [1.807, 2.05) is 13.8 Å². The summed E-state index contributed by atoms with van der Waals surface area (Å²) < 4.78 is 0. The molecule has 0 aromatic heterocycles. The molecule has 15 heteroatoms. The maximum absolute atomic E-state index is 13.6. The van der Waals surface area contributed by atoms with Crippen LogP contribution < -0.4 is 21.3 Å². The number of amides is 5. The third kappa shape index (κ3) is 10.1. The molecule has 0 saturated carbocycles. The summed E-state index contributed by atoms with van der Waals surface area (Å²) in [6.07, 6.45) is 0.547. The van der Waals surface area contributed by atoms with Crippen molar-refractivity contribution in [2.75, 3.05) is 11.9 Å². The number of hydrogen-bond acceptors (Lipinski definition) is 8. The molecule has 2 rings (SSSR count). The number of carbonyl (C=O) groups is 6. The molecule has 0 aliphatic carbocycles. The highest BCUT2D eigenvalue weighted by atomic mass is 16.6. The van der Waals surface area contributed by atoms with Crippen molar-refractivity contribution in [2.45, 2.75) is 84.0 Å². The maximum Gasteiger partial charge on any atom is 0.303 e. The van der Waals surface area contributed by atoms with Crippen LogP contribution in [0, 0.1) is 16.0 Å². The number of non-ortho nitro benzene ring substituents is 1. The second kappa shape index (κ2) is 15.4. The largest absolute Gasteiger partial charge is 0.481 e. The first-order valence-electron chi connectivity index (χ1n) is 13.7. The number of anilines is 1. The van der Waals surface area contributed by atoms with E-state index in [-0.39, 0.29) is 30.9 Å². The van der Waals surface area contributed by atoms with Crippen LogP contribution >= 0.6 is 0 Å². The molecule has 1 aliphatic rings. The van der Waals surface area contributed by atoms with Crippen molar-refractivity contribution in [1.82, 2.24) is 20.9 Å². The lowest BCUT2D eigenvalue weighted by molar-refractivity contribution is -0.384. The number of likely N-dealkylation sites (tertiary alicyclic amines) is 1. The van der Waals surface area contributed by atoms with Crippen molar-refractivity contribution >= 4 is 46.9 Å². The number of benzene rings is 1. The van der Waals surface area contributed by atoms with E-state index in [0.717, 1.165) is 0 Å². The fraction of sp³-hybridized carbons (Fsp3) is 0.556. The maximum atomic E-state index is 13.6. The lowest BCUT2D eigenvalue weighted by Crippen LogP contribution is -2.57. The van der Waals surface area contributed by atoms with E-state index >= 15 is 0 Å². The molecule has 1 saturated heterocycles. The number of carboxylic acid groups (broad SMARTS) is 1. The topological polar surface area (TPSA) is 217 Å². The van der Waals surface area contributed by atoms with E-state index in [2.05, 4.69) is 21.3 Å². The minimum absolute atomic E-state index is 0.000160. The van der Waals surface area contributed by atoms with E-state index in [4.69, 9.17) is 5.11 Å². The predicted molar refractivity (Wildman–Crippen MR) is 150 cm³/mol. The van der Waals surface area contributed by atoms with Crippen LogP contribution in [0.15, 0.2) is 24.3 Å². The number of carboxylic acids is 1. The molecule has 1 fully saturated rings. The summed E-state index contributed by atoms with van der Waals surface area (Å²) in [6.45, 7) is 6.84. The molecule has 15 nitrogen and oxygen atoms in total. The molecular formula is C27H38N6O9. The summed E-state index contributed by atoms with van der Waals surface area (Å²) >= 11 is 0. The van der Waals surface area contributed by atoms with Crippen molar-refractivity contribution in [1.29, 1.82) is 0 Å². The monoisotopic (exact) mass is 590 g/mol. The minimum Gasteiger partial charge on any atom is -0.481 e. The van der Waals surface area contributed by atoms with Gasteiger partial charge in [0.2, 0.25) is 29.5 Å². The number of nitrogens with zero attached hydrogens (tertiary/aromatic N) is 2. The molecular weight excluding hydrogens is 552 g/mol. The first-order valence-corrected chi connectivity index (χ1v) is 13.7. The smallest absolute Gasteiger partial charge is 0.303 e. The van der Waals surface area contributed by atoms with E-state index in [9.17, 15) is 38.9 Å². The number of rotatable bonds is 14. The number of nitrogens with one attached hydrogen (secondary N) is 4. The molecule has 4 atom stereocenters. The van der Waals surface area contributed by atoms with Crippen LogP contribution in [0.4, 0.5) is 11.4 Å². The van der Waals surface area contributed by atoms with Gasteiger partial charge in [0, 0.05) is 30.8 Å². The molecule has 230 valence electrons. The predicted octanol–water partition coefficient (Wildman–Crippen LogP) is 0.929. The standard InChI is InChI=1S/C27H38N6O9/c1-15(2)14-20(31-25(38)17(4)29-24(37)16(3)28-22(34)11-12-23(35)36)27(40)32-13-5-6-21(32)26(39)30-18-7-9-19(10-8-18)33(41)42/h7-10,15-17,20-21H,5-6,11-14H2,1-4H3,(H,28,34)(H,29,37)(H,30,39)(H,31,38)(H,35,36)/t16-,17-,20-,21-/m0/s1. The summed E-state index contributed by atoms with van der Waals surface area (Å²) in [4.78, 5) is 86.2. The Labute approximate surface area is 242 Å². The van der Waals surface area contributed by atoms with Gasteiger partial charge in [-0.05, 0) is 51.2 Å². The van der Waals surface area contributed by atoms with Gasteiger partial charge in [-0.1, -0.05) is 13.8 Å². The Hall–Kier alpha value is -4.56. The molecule has 1 aromatic carbocycles. The average Bonchev–Trinajstić information content (AvgIpc) is 3.41. The van der Waals surface area contributed by atoms with Crippen molar-refractivity contribution < 1.29 is 38.8 Å². The summed E-state index contributed by atoms with van der Waals surface area (Å²) in [7, 11) is 0. The second-order valence-electron chi connectivity index (χ2n) is 10.6. The zero-order chi connectivity index (χ0) is 31.6. The quantitative estimate of drug-likeness (QED) is 0.154. The van der Waals surface area contributed by atoms with Gasteiger partial charge in [0.15, 0.2) is 0 Å². The third-order valence-electron chi connectivity index (χ3n) is 6.59. The summed E-state index contributed by atoms with van der Waals surface area (Å²) in [6, 6.07) is 1.44. The highest BCUT2D eigenvalue weighted by Crippen LogP contribution is 2.23. The Kier molecular flexibility index (Phi) is 12.4. The second-order valence-corrected chi connectivity index (χ2v) is 10.6. The Morgan fingerprint density at radius 2 is 1.55 bits per heavy atom. The number of nitro benzene ring substituents is 1. The lowest BCUT2D eigenvalue weighted by atomic mass is 10.0. The van der Waals surface area contributed by atoms with Gasteiger partial charge in [-0.25, -0.2) is 0 Å². The third-order valence-corrected chi connectivity index (χ3v) is 6.59. The molecule has 0 bridgehead atoms. The van der Waals surface area contributed by atoms with Gasteiger partial charge in [-0.15, -0.1) is 0 Å². The number of aliphatic carboxylic acids is 1. The Bertz CT molecular complexity index is 1190. The van der Waals surface area contributed by atoms with E-state index in [1.54, 1.807) is 0 Å². The molecule has 1 aliphatic heterocycles. The summed E-state index contributed by atoms with van der Waals surface area (Å²) in [5.74, 6) is -3.99. The normalized spacial score (nSPS) is 16.6. The van der Waals surface area contributed by atoms with E-state index in [0.29, 0.717) is 25.1 Å². The average molecular weight is 591 g/mol. The molecule has 1 heterocycles. The number of hydrogen-bond donors (Lipinski definition) is 5. The molecule has 0 unspecified atom stereocenters. The zero-order valence-electron chi connectivity index (χ0n) is 24.0. The van der Waals surface area contributed by atoms with E-state index in [1.165, 1.54) is 43.0 Å². The Morgan fingerprint density at radius 3 is 2.12 bits per heavy atom. The summed E-state index contributed by atoms with van der Waals surface area (Å²) in [5, 5.41) is 29.7. The van der Waals surface area contributed by atoms with Gasteiger partial charge < -0.3 is 31.3 Å². The van der Waals surface area contributed by atoms with Crippen LogP contribution in [0.3, 0.4) is 0 Å². The van der Waals surface area contributed by atoms with Crippen LogP contribution in [0.2, 0.25) is 0 Å². The van der Waals surface area contributed by atoms with Gasteiger partial charge in [0.25, 0.3) is 5.69 Å². The molecule has 5 N–H and O–H groups in total. The minimum atomic E-state index is -1.15. The van der Waals surface area contributed by atoms with Crippen LogP contribution in [0.5, 0.6) is 0 Å². The molecule has 42 heavy (non-hydrogen) atoms. The van der Waals surface area contributed by atoms with Crippen LogP contribution in [0.1, 0.15) is 59.8 Å². The van der Waals surface area contributed by atoms with Crippen molar-refractivity contribution in [3.8, 4) is 0 Å². The Morgan fingerprint density at radius 1 is 0.952 bits per heavy atom. The van der Waals surface area contributed by atoms with Crippen LogP contribution in [0.25, 0.3) is 0 Å². The fourth-order valence-corrected chi connectivity index (χ4v) is 4.39. The zero-order valence-corrected chi connectivity index (χ0v) is 24.0.